The molecule has 0 aliphatic carbocycles. The Balaban J connectivity index is 1.29. The molecule has 4 aromatic carbocycles. The number of carbonyl (C=O) groups excluding carboxylic acids is 1. The quantitative estimate of drug-likeness (QED) is 0.194. The third-order valence-electron chi connectivity index (χ3n) is 8.22. The van der Waals surface area contributed by atoms with Crippen LogP contribution in [0.25, 0.3) is 0 Å². The summed E-state index contributed by atoms with van der Waals surface area (Å²) in [6.45, 7) is 2.88. The maximum Gasteiger partial charge on any atom is 0.243 e. The van der Waals surface area contributed by atoms with Gasteiger partial charge in [-0.15, -0.1) is 0 Å². The highest BCUT2D eigenvalue weighted by Gasteiger charge is 2.37. The Kier molecular flexibility index (Phi) is 10.4. The molecular formula is C35H36F3N3O3S. The zero-order valence-corrected chi connectivity index (χ0v) is 25.7. The summed E-state index contributed by atoms with van der Waals surface area (Å²) in [4.78, 5) is 13.6. The van der Waals surface area contributed by atoms with E-state index in [1.807, 2.05) is 6.92 Å². The fourth-order valence-electron chi connectivity index (χ4n) is 6.02. The van der Waals surface area contributed by atoms with Crippen molar-refractivity contribution in [2.75, 3.05) is 18.4 Å². The summed E-state index contributed by atoms with van der Waals surface area (Å²) in [6, 6.07) is 23.9. The molecule has 2 N–H and O–H groups in total. The lowest BCUT2D eigenvalue weighted by atomic mass is 9.88. The van der Waals surface area contributed by atoms with Crippen LogP contribution in [0.1, 0.15) is 48.8 Å². The number of amides is 1. The van der Waals surface area contributed by atoms with Gasteiger partial charge in [-0.25, -0.2) is 21.6 Å². The van der Waals surface area contributed by atoms with Crippen LogP contribution >= 0.6 is 0 Å². The minimum Gasteiger partial charge on any atom is -0.326 e. The average molecular weight is 636 g/mol. The number of halogens is 3. The predicted octanol–water partition coefficient (Wildman–Crippen LogP) is 6.64. The summed E-state index contributed by atoms with van der Waals surface area (Å²) in [5.74, 6) is -2.16. The molecule has 0 unspecified atom stereocenters. The Morgan fingerprint density at radius 1 is 0.867 bits per heavy atom. The molecule has 1 heterocycles. The molecule has 10 heteroatoms. The number of anilines is 1. The number of piperazine rings is 1. The van der Waals surface area contributed by atoms with Crippen molar-refractivity contribution >= 4 is 21.6 Å². The van der Waals surface area contributed by atoms with E-state index in [1.54, 1.807) is 65.0 Å². The lowest BCUT2D eigenvalue weighted by molar-refractivity contribution is -0.116. The van der Waals surface area contributed by atoms with Crippen molar-refractivity contribution in [1.29, 1.82) is 0 Å². The van der Waals surface area contributed by atoms with Crippen molar-refractivity contribution in [2.24, 2.45) is 0 Å². The summed E-state index contributed by atoms with van der Waals surface area (Å²) in [6.07, 6.45) is 1.22. The summed E-state index contributed by atoms with van der Waals surface area (Å²) in [5.41, 5.74) is 2.03. The first-order valence-electron chi connectivity index (χ1n) is 15.0. The van der Waals surface area contributed by atoms with Gasteiger partial charge in [-0.1, -0.05) is 48.5 Å². The molecule has 0 bridgehead atoms. The Morgan fingerprint density at radius 2 is 1.49 bits per heavy atom. The van der Waals surface area contributed by atoms with Crippen molar-refractivity contribution in [1.82, 2.24) is 9.62 Å². The number of hydrogen-bond donors (Lipinski definition) is 2. The molecule has 1 fully saturated rings. The fraction of sp³-hybridized carbons (Fsp3) is 0.286. The number of benzene rings is 4. The van der Waals surface area contributed by atoms with E-state index < -0.39 is 33.4 Å². The van der Waals surface area contributed by atoms with Crippen molar-refractivity contribution in [3.8, 4) is 0 Å². The van der Waals surface area contributed by atoms with Crippen molar-refractivity contribution in [3.05, 3.63) is 131 Å². The molecule has 1 aliphatic heterocycles. The van der Waals surface area contributed by atoms with Gasteiger partial charge in [0.2, 0.25) is 15.9 Å². The van der Waals surface area contributed by atoms with Gasteiger partial charge in [0.25, 0.3) is 0 Å². The van der Waals surface area contributed by atoms with Crippen LogP contribution in [0.3, 0.4) is 0 Å². The number of hydrogen-bond acceptors (Lipinski definition) is 4. The zero-order valence-electron chi connectivity index (χ0n) is 24.9. The van der Waals surface area contributed by atoms with E-state index >= 15 is 4.39 Å². The number of rotatable bonds is 11. The second-order valence-corrected chi connectivity index (χ2v) is 13.2. The average Bonchev–Trinajstić information content (AvgIpc) is 3.02. The van der Waals surface area contributed by atoms with Crippen LogP contribution in [-0.2, 0) is 21.2 Å². The molecule has 6 nitrogen and oxygen atoms in total. The van der Waals surface area contributed by atoms with Crippen LogP contribution in [0, 0.1) is 17.5 Å². The van der Waals surface area contributed by atoms with Crippen LogP contribution in [-0.4, -0.2) is 43.8 Å². The molecule has 45 heavy (non-hydrogen) atoms. The molecule has 236 valence electrons. The normalized spacial score (nSPS) is 17.4. The Morgan fingerprint density at radius 3 is 2.11 bits per heavy atom. The van der Waals surface area contributed by atoms with Gasteiger partial charge in [-0.2, -0.15) is 4.31 Å². The van der Waals surface area contributed by atoms with Gasteiger partial charge in [-0.05, 0) is 85.8 Å². The van der Waals surface area contributed by atoms with E-state index in [9.17, 15) is 22.0 Å². The van der Waals surface area contributed by atoms with E-state index in [1.165, 1.54) is 36.4 Å². The highest BCUT2D eigenvalue weighted by Crippen LogP contribution is 2.31. The van der Waals surface area contributed by atoms with Gasteiger partial charge >= 0.3 is 0 Å². The number of sulfonamides is 1. The van der Waals surface area contributed by atoms with Gasteiger partial charge in [-0.3, -0.25) is 4.79 Å². The molecule has 1 saturated heterocycles. The van der Waals surface area contributed by atoms with Crippen molar-refractivity contribution < 1.29 is 26.4 Å². The topological polar surface area (TPSA) is 78.5 Å². The highest BCUT2D eigenvalue weighted by molar-refractivity contribution is 7.89. The highest BCUT2D eigenvalue weighted by atomic mass is 32.2. The molecule has 0 radical (unpaired) electrons. The lowest BCUT2D eigenvalue weighted by Gasteiger charge is -2.40. The van der Waals surface area contributed by atoms with Gasteiger partial charge in [0.05, 0.1) is 4.90 Å². The molecule has 1 aliphatic rings. The first kappa shape index (κ1) is 32.4. The minimum atomic E-state index is -3.73. The largest absolute Gasteiger partial charge is 0.326 e. The molecule has 0 saturated carbocycles. The Hall–Kier alpha value is -3.99. The van der Waals surface area contributed by atoms with E-state index in [0.717, 1.165) is 0 Å². The van der Waals surface area contributed by atoms with Crippen molar-refractivity contribution in [2.45, 2.75) is 55.5 Å². The molecule has 1 amide bonds. The predicted molar refractivity (Wildman–Crippen MR) is 169 cm³/mol. The second kappa shape index (κ2) is 14.4. The first-order valence-corrected chi connectivity index (χ1v) is 16.4. The van der Waals surface area contributed by atoms with Crippen LogP contribution in [0.5, 0.6) is 0 Å². The third kappa shape index (κ3) is 7.81. The summed E-state index contributed by atoms with van der Waals surface area (Å²) >= 11 is 0. The van der Waals surface area contributed by atoms with Crippen LogP contribution < -0.4 is 10.6 Å². The fourth-order valence-corrected chi connectivity index (χ4v) is 7.89. The molecule has 5 rings (SSSR count). The monoisotopic (exact) mass is 635 g/mol. The smallest absolute Gasteiger partial charge is 0.243 e. The first-order chi connectivity index (χ1) is 21.6. The van der Waals surface area contributed by atoms with E-state index in [-0.39, 0.29) is 35.7 Å². The molecular weight excluding hydrogens is 599 g/mol. The van der Waals surface area contributed by atoms with E-state index in [2.05, 4.69) is 10.6 Å². The minimum absolute atomic E-state index is 0.0366. The number of nitrogens with one attached hydrogen (secondary N) is 2. The third-order valence-corrected chi connectivity index (χ3v) is 10.3. The van der Waals surface area contributed by atoms with Gasteiger partial charge in [0, 0.05) is 48.8 Å². The van der Waals surface area contributed by atoms with Crippen molar-refractivity contribution in [3.63, 3.8) is 0 Å². The Bertz CT molecular complexity index is 1660. The van der Waals surface area contributed by atoms with Gasteiger partial charge in [0.15, 0.2) is 0 Å². The molecule has 0 aromatic heterocycles. The van der Waals surface area contributed by atoms with Crippen LogP contribution in [0.4, 0.5) is 18.9 Å². The lowest BCUT2D eigenvalue weighted by Crippen LogP contribution is -2.58. The van der Waals surface area contributed by atoms with E-state index in [0.29, 0.717) is 48.3 Å². The second-order valence-electron chi connectivity index (χ2n) is 11.4. The summed E-state index contributed by atoms with van der Waals surface area (Å²) in [5, 5.41) is 6.16. The SMILES string of the molecule is C[C@@H]1CNC[C@H](CCCc2c(F)cccc2NC(=O)CC(c2ccc(F)cc2)c2ccc(F)cc2)N1S(=O)(=O)c1ccccc1. The summed E-state index contributed by atoms with van der Waals surface area (Å²) < 4.78 is 71.1. The Labute approximate surface area is 262 Å². The maximum atomic E-state index is 15.1. The summed E-state index contributed by atoms with van der Waals surface area (Å²) in [7, 11) is -3.73. The van der Waals surface area contributed by atoms with E-state index in [4.69, 9.17) is 0 Å². The van der Waals surface area contributed by atoms with Crippen LogP contribution in [0.15, 0.2) is 102 Å². The van der Waals surface area contributed by atoms with Gasteiger partial charge in [0.1, 0.15) is 17.5 Å². The van der Waals surface area contributed by atoms with Gasteiger partial charge < -0.3 is 10.6 Å². The molecule has 2 atom stereocenters. The number of nitrogens with zero attached hydrogens (tertiary/aromatic N) is 1. The van der Waals surface area contributed by atoms with Crippen LogP contribution in [0.2, 0.25) is 0 Å². The maximum absolute atomic E-state index is 15.1. The number of carbonyl (C=O) groups is 1. The zero-order chi connectivity index (χ0) is 32.0. The molecule has 4 aromatic rings. The standard InChI is InChI=1S/C35H36F3N3O3S/c1-24-22-39-23-29(41(24)45(43,44)30-8-3-2-4-9-30)7-5-10-31-33(38)11-6-12-34(31)40-35(42)21-32(25-13-17-27(36)18-14-25)26-15-19-28(37)20-16-26/h2-4,6,8-9,11-20,24,29,32,39H,5,7,10,21-23H2,1H3,(H,40,42)/t24-,29+/m1/s1. The molecule has 0 spiro atoms.